The van der Waals surface area contributed by atoms with Gasteiger partial charge in [0.05, 0.1) is 18.1 Å². The van der Waals surface area contributed by atoms with Crippen LogP contribution >= 0.6 is 15.9 Å². The van der Waals surface area contributed by atoms with Crippen LogP contribution in [0.3, 0.4) is 0 Å². The molecule has 2 heterocycles. The van der Waals surface area contributed by atoms with Gasteiger partial charge in [-0.25, -0.2) is 4.98 Å². The quantitative estimate of drug-likeness (QED) is 0.455. The molecule has 1 aromatic rings. The van der Waals surface area contributed by atoms with Crippen molar-refractivity contribution in [3.63, 3.8) is 0 Å². The number of anilines is 1. The lowest BCUT2D eigenvalue weighted by Gasteiger charge is -2.23. The summed E-state index contributed by atoms with van der Waals surface area (Å²) in [6.07, 6.45) is 3.67. The molecule has 0 aliphatic carbocycles. The van der Waals surface area contributed by atoms with Crippen LogP contribution in [0.15, 0.2) is 34.8 Å². The molecule has 1 aliphatic heterocycles. The minimum absolute atomic E-state index is 0.218. The van der Waals surface area contributed by atoms with Crippen molar-refractivity contribution in [3.8, 4) is 0 Å². The van der Waals surface area contributed by atoms with Gasteiger partial charge in [0.15, 0.2) is 12.1 Å². The van der Waals surface area contributed by atoms with E-state index < -0.39 is 4.92 Å². The number of hydrazine groups is 1. The average molecular weight is 388 g/mol. The molecule has 0 atom stereocenters. The van der Waals surface area contributed by atoms with Crippen molar-refractivity contribution in [2.24, 2.45) is 0 Å². The van der Waals surface area contributed by atoms with Gasteiger partial charge in [0.25, 0.3) is 6.20 Å². The van der Waals surface area contributed by atoms with Gasteiger partial charge in [0.2, 0.25) is 0 Å². The van der Waals surface area contributed by atoms with E-state index in [0.29, 0.717) is 32.0 Å². The van der Waals surface area contributed by atoms with Crippen LogP contribution in [-0.2, 0) is 9.47 Å². The zero-order valence-corrected chi connectivity index (χ0v) is 13.9. The molecular formula is C13H18BrN5O4. The fourth-order valence-corrected chi connectivity index (χ4v) is 2.07. The maximum absolute atomic E-state index is 10.7. The summed E-state index contributed by atoms with van der Waals surface area (Å²) in [5.41, 5.74) is 5.51. The first kappa shape index (κ1) is 17.4. The second-order valence-corrected chi connectivity index (χ2v) is 5.60. The van der Waals surface area contributed by atoms with Gasteiger partial charge in [-0.05, 0) is 34.5 Å². The number of ether oxygens (including phenoxy) is 2. The molecular weight excluding hydrogens is 370 g/mol. The van der Waals surface area contributed by atoms with Crippen molar-refractivity contribution in [1.82, 2.24) is 15.7 Å². The van der Waals surface area contributed by atoms with Crippen molar-refractivity contribution in [3.05, 3.63) is 44.9 Å². The molecule has 23 heavy (non-hydrogen) atoms. The van der Waals surface area contributed by atoms with E-state index in [0.717, 1.165) is 17.1 Å². The first-order valence-corrected chi connectivity index (χ1v) is 7.89. The molecule has 1 saturated heterocycles. The number of rotatable bonds is 8. The molecule has 0 spiro atoms. The van der Waals surface area contributed by atoms with Gasteiger partial charge in [-0.15, -0.1) is 0 Å². The van der Waals surface area contributed by atoms with Crippen molar-refractivity contribution < 1.29 is 14.4 Å². The maximum atomic E-state index is 10.7. The highest BCUT2D eigenvalue weighted by Gasteiger charge is 2.14. The molecule has 0 unspecified atom stereocenters. The normalized spacial score (nSPS) is 16.0. The van der Waals surface area contributed by atoms with Gasteiger partial charge < -0.3 is 14.8 Å². The van der Waals surface area contributed by atoms with E-state index in [1.807, 2.05) is 0 Å². The molecule has 1 aromatic heterocycles. The Morgan fingerprint density at radius 2 is 2.26 bits per heavy atom. The molecule has 3 N–H and O–H groups in total. The minimum Gasteiger partial charge on any atom is -0.365 e. The molecule has 0 radical (unpaired) electrons. The number of aromatic nitrogens is 1. The number of pyridine rings is 1. The van der Waals surface area contributed by atoms with Crippen LogP contribution in [0.4, 0.5) is 5.82 Å². The van der Waals surface area contributed by atoms with Crippen molar-refractivity contribution in [2.75, 3.05) is 25.2 Å². The highest BCUT2D eigenvalue weighted by molar-refractivity contribution is 9.10. The van der Waals surface area contributed by atoms with Gasteiger partial charge in [-0.1, -0.05) is 0 Å². The van der Waals surface area contributed by atoms with Gasteiger partial charge in [0.1, 0.15) is 5.82 Å². The molecule has 0 aromatic carbocycles. The van der Waals surface area contributed by atoms with Crippen molar-refractivity contribution >= 4 is 21.7 Å². The molecule has 1 fully saturated rings. The fourth-order valence-electron chi connectivity index (χ4n) is 1.84. The summed E-state index contributed by atoms with van der Waals surface area (Å²) in [6.45, 7) is 1.82. The van der Waals surface area contributed by atoms with Gasteiger partial charge >= 0.3 is 0 Å². The zero-order valence-electron chi connectivity index (χ0n) is 12.3. The summed E-state index contributed by atoms with van der Waals surface area (Å²) in [6, 6.07) is 3.53. The fraction of sp³-hybridized carbons (Fsp3) is 0.462. The average Bonchev–Trinajstić information content (AvgIpc) is 2.54. The van der Waals surface area contributed by atoms with Crippen LogP contribution in [0, 0.1) is 10.1 Å². The summed E-state index contributed by atoms with van der Waals surface area (Å²) in [5.74, 6) is 0.749. The van der Waals surface area contributed by atoms with E-state index in [1.54, 1.807) is 18.3 Å². The van der Waals surface area contributed by atoms with Crippen LogP contribution in [0.5, 0.6) is 0 Å². The van der Waals surface area contributed by atoms with Crippen LogP contribution in [-0.4, -0.2) is 36.0 Å². The maximum Gasteiger partial charge on any atom is 0.275 e. The van der Waals surface area contributed by atoms with E-state index in [9.17, 15) is 10.1 Å². The Morgan fingerprint density at radius 1 is 1.48 bits per heavy atom. The van der Waals surface area contributed by atoms with Crippen molar-refractivity contribution in [2.45, 2.75) is 19.1 Å². The Bertz CT molecular complexity index is 534. The lowest BCUT2D eigenvalue weighted by molar-refractivity contribution is -0.404. The first-order chi connectivity index (χ1) is 11.1. The number of nitro groups is 1. The summed E-state index contributed by atoms with van der Waals surface area (Å²) in [7, 11) is 0. The molecule has 126 valence electrons. The largest absolute Gasteiger partial charge is 0.365 e. The summed E-state index contributed by atoms with van der Waals surface area (Å²) < 4.78 is 11.7. The van der Waals surface area contributed by atoms with E-state index in [1.165, 1.54) is 0 Å². The highest BCUT2D eigenvalue weighted by Crippen LogP contribution is 2.10. The lowest BCUT2D eigenvalue weighted by atomic mass is 10.3. The molecule has 2 rings (SSSR count). The molecule has 10 heteroatoms. The second-order valence-electron chi connectivity index (χ2n) is 4.68. The summed E-state index contributed by atoms with van der Waals surface area (Å²) in [5, 5.41) is 13.6. The Morgan fingerprint density at radius 3 is 2.91 bits per heavy atom. The van der Waals surface area contributed by atoms with Gasteiger partial charge in [-0.2, -0.15) is 0 Å². The van der Waals surface area contributed by atoms with Crippen LogP contribution < -0.4 is 16.2 Å². The van der Waals surface area contributed by atoms with Crippen LogP contribution in [0.25, 0.3) is 0 Å². The molecule has 1 aliphatic rings. The van der Waals surface area contributed by atoms with E-state index in [4.69, 9.17) is 9.47 Å². The molecule has 0 saturated carbocycles. The SMILES string of the molecule is O=[N+]([O-])/C=C(/NCCC1OCCCO1)NNc1ccc(Br)cn1. The van der Waals surface area contributed by atoms with Crippen LogP contribution in [0.1, 0.15) is 12.8 Å². The number of nitrogens with zero attached hydrogens (tertiary/aromatic N) is 2. The summed E-state index contributed by atoms with van der Waals surface area (Å²) in [4.78, 5) is 14.2. The third-order valence-electron chi connectivity index (χ3n) is 2.88. The minimum atomic E-state index is -0.542. The zero-order chi connectivity index (χ0) is 16.5. The Balaban J connectivity index is 1.79. The predicted molar refractivity (Wildman–Crippen MR) is 86.7 cm³/mol. The number of nitrogens with one attached hydrogen (secondary N) is 3. The molecule has 0 bridgehead atoms. The topological polar surface area (TPSA) is 111 Å². The Kier molecular flexibility index (Phi) is 7.04. The molecule has 0 amide bonds. The molecule has 9 nitrogen and oxygen atoms in total. The second kappa shape index (κ2) is 9.28. The van der Waals surface area contributed by atoms with E-state index >= 15 is 0 Å². The van der Waals surface area contributed by atoms with Crippen LogP contribution in [0.2, 0.25) is 0 Å². The van der Waals surface area contributed by atoms with E-state index in [2.05, 4.69) is 37.1 Å². The monoisotopic (exact) mass is 387 g/mol. The highest BCUT2D eigenvalue weighted by atomic mass is 79.9. The third-order valence-corrected chi connectivity index (χ3v) is 3.35. The number of hydrogen-bond donors (Lipinski definition) is 3. The van der Waals surface area contributed by atoms with Crippen molar-refractivity contribution in [1.29, 1.82) is 0 Å². The van der Waals surface area contributed by atoms with Gasteiger partial charge in [0, 0.05) is 23.6 Å². The first-order valence-electron chi connectivity index (χ1n) is 7.09. The number of hydrogen-bond acceptors (Lipinski definition) is 8. The third kappa shape index (κ3) is 6.80. The predicted octanol–water partition coefficient (Wildman–Crippen LogP) is 1.58. The van der Waals surface area contributed by atoms with Gasteiger partial charge in [-0.3, -0.25) is 21.0 Å². The lowest BCUT2D eigenvalue weighted by Crippen LogP contribution is -2.34. The summed E-state index contributed by atoms with van der Waals surface area (Å²) >= 11 is 3.28. The Hall–Kier alpha value is -1.91. The number of halogens is 1. The Labute approximate surface area is 141 Å². The standard InChI is InChI=1S/C13H18BrN5O4/c14-10-2-3-11(16-8-10)17-18-12(9-19(20)21)15-5-4-13-22-6-1-7-23-13/h2-3,8-9,13,15,18H,1,4-7H2,(H,16,17)/b12-9-. The smallest absolute Gasteiger partial charge is 0.275 e. The van der Waals surface area contributed by atoms with E-state index in [-0.39, 0.29) is 12.1 Å².